The van der Waals surface area contributed by atoms with Gasteiger partial charge in [0, 0.05) is 41.5 Å². The van der Waals surface area contributed by atoms with Crippen molar-refractivity contribution in [2.45, 2.75) is 35.6 Å². The summed E-state index contributed by atoms with van der Waals surface area (Å²) >= 11 is 3.66. The normalized spacial score (nSPS) is 15.5. The van der Waals surface area contributed by atoms with Crippen molar-refractivity contribution in [3.05, 3.63) is 35.9 Å². The van der Waals surface area contributed by atoms with E-state index in [9.17, 15) is 0 Å². The Bertz CT molecular complexity index is 580. The van der Waals surface area contributed by atoms with Crippen LogP contribution in [-0.4, -0.2) is 45.2 Å². The molecule has 3 heterocycles. The maximum Gasteiger partial charge on any atom is 0.165 e. The van der Waals surface area contributed by atoms with Gasteiger partial charge in [-0.2, -0.15) is 0 Å². The number of H-pyrrole nitrogens is 1. The molecule has 0 aromatic carbocycles. The molecule has 118 valence electrons. The van der Waals surface area contributed by atoms with Gasteiger partial charge in [0.1, 0.15) is 0 Å². The first-order valence-corrected chi connectivity index (χ1v) is 9.72. The number of aromatic nitrogens is 3. The lowest BCUT2D eigenvalue weighted by Gasteiger charge is -2.15. The predicted molar refractivity (Wildman–Crippen MR) is 93.5 cm³/mol. The number of aromatic amines is 1. The van der Waals surface area contributed by atoms with E-state index >= 15 is 0 Å². The number of pyridine rings is 1. The lowest BCUT2D eigenvalue weighted by molar-refractivity contribution is 0.362. The first-order chi connectivity index (χ1) is 10.8. The first-order valence-electron chi connectivity index (χ1n) is 7.75. The second kappa shape index (κ2) is 8.04. The van der Waals surface area contributed by atoms with E-state index in [2.05, 4.69) is 32.8 Å². The van der Waals surface area contributed by atoms with Crippen LogP contribution in [0.3, 0.4) is 0 Å². The molecule has 4 nitrogen and oxygen atoms in total. The van der Waals surface area contributed by atoms with E-state index in [1.165, 1.54) is 42.9 Å². The minimum atomic E-state index is 0.861. The van der Waals surface area contributed by atoms with Gasteiger partial charge in [-0.1, -0.05) is 11.8 Å². The van der Waals surface area contributed by atoms with E-state index in [-0.39, 0.29) is 0 Å². The molecule has 1 N–H and O–H groups in total. The molecule has 1 aliphatic rings. The van der Waals surface area contributed by atoms with Crippen LogP contribution in [0.1, 0.15) is 24.1 Å². The Labute approximate surface area is 140 Å². The van der Waals surface area contributed by atoms with Crippen LogP contribution < -0.4 is 0 Å². The van der Waals surface area contributed by atoms with Crippen LogP contribution in [0.5, 0.6) is 0 Å². The maximum atomic E-state index is 4.54. The molecule has 0 atom stereocenters. The first kappa shape index (κ1) is 15.9. The summed E-state index contributed by atoms with van der Waals surface area (Å²) in [5, 5.41) is 0.952. The lowest BCUT2D eigenvalue weighted by atomic mass is 10.2. The van der Waals surface area contributed by atoms with Gasteiger partial charge < -0.3 is 9.88 Å². The molecule has 2 aromatic rings. The molecule has 0 amide bonds. The molecule has 1 aliphatic heterocycles. The number of thioether (sulfide) groups is 2. The molecule has 22 heavy (non-hydrogen) atoms. The van der Waals surface area contributed by atoms with Crippen molar-refractivity contribution < 1.29 is 0 Å². The monoisotopic (exact) mass is 334 g/mol. The Balaban J connectivity index is 1.53. The zero-order chi connectivity index (χ0) is 15.2. The van der Waals surface area contributed by atoms with Gasteiger partial charge in [-0.25, -0.2) is 4.98 Å². The molecule has 0 unspecified atom stereocenters. The molecular weight excluding hydrogens is 312 g/mol. The van der Waals surface area contributed by atoms with E-state index < -0.39 is 0 Å². The summed E-state index contributed by atoms with van der Waals surface area (Å²) in [7, 11) is 0. The quantitative estimate of drug-likeness (QED) is 0.784. The van der Waals surface area contributed by atoms with Gasteiger partial charge >= 0.3 is 0 Å². The SMILES string of the molecule is Cc1c(SCCN2CCCC2)ccnc1CSc1ncc[nH]1. The van der Waals surface area contributed by atoms with E-state index in [0.717, 1.165) is 22.4 Å². The number of hydrogen-bond donors (Lipinski definition) is 1. The Morgan fingerprint density at radius 3 is 2.82 bits per heavy atom. The molecule has 0 aliphatic carbocycles. The fourth-order valence-electron chi connectivity index (χ4n) is 2.62. The summed E-state index contributed by atoms with van der Waals surface area (Å²) in [6.07, 6.45) is 8.31. The van der Waals surface area contributed by atoms with Crippen molar-refractivity contribution in [1.82, 2.24) is 19.9 Å². The Hall–Kier alpha value is -0.980. The van der Waals surface area contributed by atoms with Crippen LogP contribution in [0.15, 0.2) is 34.7 Å². The van der Waals surface area contributed by atoms with Gasteiger partial charge in [0.05, 0.1) is 5.69 Å². The van der Waals surface area contributed by atoms with E-state index in [1.807, 2.05) is 24.2 Å². The molecule has 3 rings (SSSR count). The zero-order valence-corrected chi connectivity index (χ0v) is 14.6. The third kappa shape index (κ3) is 4.27. The summed E-state index contributed by atoms with van der Waals surface area (Å²) in [5.41, 5.74) is 2.47. The highest BCUT2D eigenvalue weighted by molar-refractivity contribution is 7.99. The van der Waals surface area contributed by atoms with Crippen LogP contribution in [0.2, 0.25) is 0 Å². The molecule has 1 fully saturated rings. The van der Waals surface area contributed by atoms with Crippen molar-refractivity contribution in [1.29, 1.82) is 0 Å². The molecule has 0 spiro atoms. The summed E-state index contributed by atoms with van der Waals surface area (Å²) in [6.45, 7) is 5.94. The third-order valence-corrected chi connectivity index (χ3v) is 6.00. The largest absolute Gasteiger partial charge is 0.340 e. The van der Waals surface area contributed by atoms with E-state index in [4.69, 9.17) is 0 Å². The average Bonchev–Trinajstić information content (AvgIpc) is 3.21. The summed E-state index contributed by atoms with van der Waals surface area (Å²) < 4.78 is 0. The van der Waals surface area contributed by atoms with Gasteiger partial charge in [0.15, 0.2) is 5.16 Å². The highest BCUT2D eigenvalue weighted by Gasteiger charge is 2.12. The summed E-state index contributed by atoms with van der Waals surface area (Å²) in [4.78, 5) is 15.8. The number of imidazole rings is 1. The smallest absolute Gasteiger partial charge is 0.165 e. The van der Waals surface area contributed by atoms with Crippen LogP contribution in [0, 0.1) is 6.92 Å². The van der Waals surface area contributed by atoms with Crippen LogP contribution in [0.25, 0.3) is 0 Å². The highest BCUT2D eigenvalue weighted by Crippen LogP contribution is 2.27. The average molecular weight is 335 g/mol. The van der Waals surface area contributed by atoms with Crippen molar-refractivity contribution in [2.24, 2.45) is 0 Å². The molecular formula is C16H22N4S2. The standard InChI is InChI=1S/C16H22N4S2/c1-13-14(12-22-16-18-6-7-19-16)17-5-4-15(13)21-11-10-20-8-2-3-9-20/h4-7H,2-3,8-12H2,1H3,(H,18,19). The van der Waals surface area contributed by atoms with Crippen molar-refractivity contribution >= 4 is 23.5 Å². The van der Waals surface area contributed by atoms with Gasteiger partial charge in [-0.3, -0.25) is 4.98 Å². The van der Waals surface area contributed by atoms with E-state index in [1.54, 1.807) is 18.0 Å². The Morgan fingerprint density at radius 2 is 2.05 bits per heavy atom. The van der Waals surface area contributed by atoms with Crippen LogP contribution >= 0.6 is 23.5 Å². The maximum absolute atomic E-state index is 4.54. The lowest BCUT2D eigenvalue weighted by Crippen LogP contribution is -2.21. The van der Waals surface area contributed by atoms with Gasteiger partial charge in [-0.15, -0.1) is 11.8 Å². The Morgan fingerprint density at radius 1 is 1.18 bits per heavy atom. The van der Waals surface area contributed by atoms with E-state index in [0.29, 0.717) is 0 Å². The predicted octanol–water partition coefficient (Wildman–Crippen LogP) is 3.59. The number of nitrogens with zero attached hydrogens (tertiary/aromatic N) is 3. The number of likely N-dealkylation sites (tertiary alicyclic amines) is 1. The van der Waals surface area contributed by atoms with Crippen LogP contribution in [0.4, 0.5) is 0 Å². The van der Waals surface area contributed by atoms with Crippen molar-refractivity contribution in [2.75, 3.05) is 25.4 Å². The molecule has 2 aromatic heterocycles. The fraction of sp³-hybridized carbons (Fsp3) is 0.500. The highest BCUT2D eigenvalue weighted by atomic mass is 32.2. The molecule has 0 saturated carbocycles. The zero-order valence-electron chi connectivity index (χ0n) is 12.9. The van der Waals surface area contributed by atoms with Gasteiger partial charge in [-0.05, 0) is 44.5 Å². The second-order valence-electron chi connectivity index (χ2n) is 5.46. The van der Waals surface area contributed by atoms with Crippen LogP contribution in [-0.2, 0) is 5.75 Å². The number of hydrogen-bond acceptors (Lipinski definition) is 5. The topological polar surface area (TPSA) is 44.8 Å². The minimum Gasteiger partial charge on any atom is -0.340 e. The van der Waals surface area contributed by atoms with Gasteiger partial charge in [0.2, 0.25) is 0 Å². The summed E-state index contributed by atoms with van der Waals surface area (Å²) in [5.74, 6) is 2.02. The minimum absolute atomic E-state index is 0.861. The molecule has 6 heteroatoms. The number of nitrogens with one attached hydrogen (secondary N) is 1. The Kier molecular flexibility index (Phi) is 5.81. The third-order valence-electron chi connectivity index (χ3n) is 3.94. The fourth-order valence-corrected chi connectivity index (χ4v) is 4.53. The number of rotatable bonds is 7. The molecule has 0 radical (unpaired) electrons. The molecule has 0 bridgehead atoms. The second-order valence-corrected chi connectivity index (χ2v) is 7.56. The molecule has 1 saturated heterocycles. The van der Waals surface area contributed by atoms with Gasteiger partial charge in [0.25, 0.3) is 0 Å². The van der Waals surface area contributed by atoms with Crippen molar-refractivity contribution in [3.8, 4) is 0 Å². The summed E-state index contributed by atoms with van der Waals surface area (Å²) in [6, 6.07) is 2.14. The van der Waals surface area contributed by atoms with Crippen molar-refractivity contribution in [3.63, 3.8) is 0 Å².